The van der Waals surface area contributed by atoms with Gasteiger partial charge < -0.3 is 14.6 Å². The molecule has 4 rings (SSSR count). The van der Waals surface area contributed by atoms with E-state index in [2.05, 4.69) is 27.6 Å². The minimum absolute atomic E-state index is 0.0864. The molecule has 0 radical (unpaired) electrons. The van der Waals surface area contributed by atoms with Crippen molar-refractivity contribution in [1.82, 2.24) is 14.8 Å². The fraction of sp³-hybridized carbons (Fsp3) is 0.160. The smallest absolute Gasteiger partial charge is 0.234 e. The van der Waals surface area contributed by atoms with Crippen molar-refractivity contribution in [1.29, 1.82) is 0 Å². The summed E-state index contributed by atoms with van der Waals surface area (Å²) in [7, 11) is 1.62. The summed E-state index contributed by atoms with van der Waals surface area (Å²) in [6.07, 6.45) is 0.770. The van der Waals surface area contributed by atoms with Gasteiger partial charge in [-0.15, -0.1) is 10.2 Å². The lowest BCUT2D eigenvalue weighted by Crippen LogP contribution is -2.15. The van der Waals surface area contributed by atoms with E-state index in [1.165, 1.54) is 29.5 Å². The number of nitrogens with zero attached hydrogens (tertiary/aromatic N) is 3. The average Bonchev–Trinajstić information content (AvgIpc) is 3.26. The van der Waals surface area contributed by atoms with Crippen LogP contribution in [0.1, 0.15) is 5.56 Å². The predicted octanol–water partition coefficient (Wildman–Crippen LogP) is 5.72. The Morgan fingerprint density at radius 3 is 2.62 bits per heavy atom. The van der Waals surface area contributed by atoms with Crippen molar-refractivity contribution in [3.05, 3.63) is 89.2 Å². The number of anilines is 1. The highest BCUT2D eigenvalue weighted by Crippen LogP contribution is 2.31. The molecule has 0 fully saturated rings. The number of methoxy groups -OCH3 is 1. The van der Waals surface area contributed by atoms with E-state index in [4.69, 9.17) is 16.3 Å². The number of para-hydroxylation sites is 1. The number of aromatic nitrogens is 3. The molecule has 0 spiro atoms. The highest BCUT2D eigenvalue weighted by Gasteiger charge is 2.18. The van der Waals surface area contributed by atoms with Gasteiger partial charge in [-0.25, -0.2) is 4.39 Å². The van der Waals surface area contributed by atoms with Gasteiger partial charge in [0.1, 0.15) is 11.6 Å². The van der Waals surface area contributed by atoms with Gasteiger partial charge in [-0.2, -0.15) is 0 Å². The Morgan fingerprint density at radius 2 is 1.85 bits per heavy atom. The lowest BCUT2D eigenvalue weighted by molar-refractivity contribution is -0.113. The molecule has 0 aliphatic rings. The molecule has 1 amide bonds. The Hall–Kier alpha value is -3.36. The largest absolute Gasteiger partial charge is 0.496 e. The van der Waals surface area contributed by atoms with Crippen LogP contribution in [0.15, 0.2) is 78.0 Å². The van der Waals surface area contributed by atoms with E-state index in [1.807, 2.05) is 47.0 Å². The monoisotopic (exact) mass is 496 g/mol. The molecule has 0 saturated heterocycles. The van der Waals surface area contributed by atoms with Crippen molar-refractivity contribution in [3.63, 3.8) is 0 Å². The number of nitrogens with one attached hydrogen (secondary N) is 1. The summed E-state index contributed by atoms with van der Waals surface area (Å²) < 4.78 is 20.8. The number of ether oxygens (including phenoxy) is 1. The molecule has 0 aliphatic heterocycles. The number of benzene rings is 3. The number of hydrogen-bond acceptors (Lipinski definition) is 5. The van der Waals surface area contributed by atoms with Crippen molar-refractivity contribution in [2.75, 3.05) is 18.2 Å². The molecule has 0 unspecified atom stereocenters. The molecule has 1 aromatic heterocycles. The lowest BCUT2D eigenvalue weighted by Gasteiger charge is -2.12. The summed E-state index contributed by atoms with van der Waals surface area (Å²) in [5.41, 5.74) is 2.36. The van der Waals surface area contributed by atoms with Gasteiger partial charge >= 0.3 is 0 Å². The summed E-state index contributed by atoms with van der Waals surface area (Å²) in [4.78, 5) is 12.5. The summed E-state index contributed by atoms with van der Waals surface area (Å²) in [5, 5.41) is 12.2. The molecule has 1 heterocycles. The topological polar surface area (TPSA) is 69.0 Å². The van der Waals surface area contributed by atoms with E-state index in [-0.39, 0.29) is 16.7 Å². The SMILES string of the molecule is COc1ccccc1-c1nnc(SCC(=O)Nc2ccc(F)cc2Cl)n1CCc1ccccc1. The molecule has 6 nitrogen and oxygen atoms in total. The van der Waals surface area contributed by atoms with E-state index < -0.39 is 5.82 Å². The maximum absolute atomic E-state index is 13.3. The van der Waals surface area contributed by atoms with E-state index in [0.717, 1.165) is 18.1 Å². The minimum Gasteiger partial charge on any atom is -0.496 e. The number of halogens is 2. The number of carbonyl (C=O) groups is 1. The van der Waals surface area contributed by atoms with Crippen LogP contribution in [0.4, 0.5) is 10.1 Å². The highest BCUT2D eigenvalue weighted by atomic mass is 35.5. The van der Waals surface area contributed by atoms with Crippen LogP contribution in [0, 0.1) is 5.82 Å². The van der Waals surface area contributed by atoms with Crippen LogP contribution in [0.25, 0.3) is 11.4 Å². The number of amides is 1. The summed E-state index contributed by atoms with van der Waals surface area (Å²) in [6, 6.07) is 21.6. The van der Waals surface area contributed by atoms with Gasteiger partial charge in [-0.05, 0) is 42.3 Å². The Labute approximate surface area is 206 Å². The second-order valence-electron chi connectivity index (χ2n) is 7.35. The van der Waals surface area contributed by atoms with Gasteiger partial charge in [0.2, 0.25) is 5.91 Å². The third-order valence-electron chi connectivity index (χ3n) is 5.07. The minimum atomic E-state index is -0.465. The molecule has 3 aromatic carbocycles. The second-order valence-corrected chi connectivity index (χ2v) is 8.70. The second kappa shape index (κ2) is 11.2. The first-order valence-corrected chi connectivity index (χ1v) is 11.9. The maximum Gasteiger partial charge on any atom is 0.234 e. The molecule has 0 saturated carbocycles. The van der Waals surface area contributed by atoms with Crippen LogP contribution in [0.5, 0.6) is 5.75 Å². The summed E-state index contributed by atoms with van der Waals surface area (Å²) in [5.74, 6) is 0.694. The van der Waals surface area contributed by atoms with E-state index in [1.54, 1.807) is 7.11 Å². The molecule has 34 heavy (non-hydrogen) atoms. The van der Waals surface area contributed by atoms with Gasteiger partial charge in [0, 0.05) is 6.54 Å². The molecular formula is C25H22ClFN4O2S. The summed E-state index contributed by atoms with van der Waals surface area (Å²) >= 11 is 7.28. The molecule has 0 bridgehead atoms. The lowest BCUT2D eigenvalue weighted by atomic mass is 10.1. The van der Waals surface area contributed by atoms with Gasteiger partial charge in [0.05, 0.1) is 29.1 Å². The van der Waals surface area contributed by atoms with Crippen molar-refractivity contribution in [2.45, 2.75) is 18.1 Å². The predicted molar refractivity (Wildman–Crippen MR) is 133 cm³/mol. The standard InChI is InChI=1S/C25H22ClFN4O2S/c1-33-22-10-6-5-9-19(22)24-29-30-25(31(24)14-13-17-7-3-2-4-8-17)34-16-23(32)28-21-12-11-18(27)15-20(21)26/h2-12,15H,13-14,16H2,1H3,(H,28,32). The van der Waals surface area contributed by atoms with Gasteiger partial charge in [0.15, 0.2) is 11.0 Å². The molecule has 9 heteroatoms. The molecular weight excluding hydrogens is 475 g/mol. The number of thioether (sulfide) groups is 1. The van der Waals surface area contributed by atoms with Crippen LogP contribution >= 0.6 is 23.4 Å². The van der Waals surface area contributed by atoms with Crippen LogP contribution in [-0.2, 0) is 17.8 Å². The third-order valence-corrected chi connectivity index (χ3v) is 6.35. The van der Waals surface area contributed by atoms with Crippen molar-refractivity contribution < 1.29 is 13.9 Å². The average molecular weight is 497 g/mol. The van der Waals surface area contributed by atoms with E-state index in [9.17, 15) is 9.18 Å². The quantitative estimate of drug-likeness (QED) is 0.300. The Morgan fingerprint density at radius 1 is 1.09 bits per heavy atom. The molecule has 4 aromatic rings. The zero-order valence-corrected chi connectivity index (χ0v) is 19.9. The molecule has 0 aliphatic carbocycles. The fourth-order valence-electron chi connectivity index (χ4n) is 3.42. The normalized spacial score (nSPS) is 10.8. The Balaban J connectivity index is 1.55. The van der Waals surface area contributed by atoms with Crippen LogP contribution in [0.2, 0.25) is 5.02 Å². The third kappa shape index (κ3) is 5.76. The van der Waals surface area contributed by atoms with E-state index >= 15 is 0 Å². The van der Waals surface area contributed by atoms with Gasteiger partial charge in [-0.1, -0.05) is 65.8 Å². The van der Waals surface area contributed by atoms with E-state index in [0.29, 0.717) is 29.0 Å². The van der Waals surface area contributed by atoms with Crippen LogP contribution < -0.4 is 10.1 Å². The molecule has 174 valence electrons. The number of rotatable bonds is 9. The molecule has 1 N–H and O–H groups in total. The molecule has 0 atom stereocenters. The number of hydrogen-bond donors (Lipinski definition) is 1. The maximum atomic E-state index is 13.3. The van der Waals surface area contributed by atoms with Crippen molar-refractivity contribution in [2.24, 2.45) is 0 Å². The first-order chi connectivity index (χ1) is 16.5. The summed E-state index contributed by atoms with van der Waals surface area (Å²) in [6.45, 7) is 0.623. The number of aryl methyl sites for hydroxylation is 1. The Bertz CT molecular complexity index is 1280. The fourth-order valence-corrected chi connectivity index (χ4v) is 4.40. The first kappa shape index (κ1) is 23.8. The van der Waals surface area contributed by atoms with Crippen LogP contribution in [-0.4, -0.2) is 33.5 Å². The van der Waals surface area contributed by atoms with Crippen molar-refractivity contribution >= 4 is 35.0 Å². The zero-order chi connectivity index (χ0) is 23.9. The van der Waals surface area contributed by atoms with Crippen LogP contribution in [0.3, 0.4) is 0 Å². The highest BCUT2D eigenvalue weighted by molar-refractivity contribution is 7.99. The van der Waals surface area contributed by atoms with Crippen molar-refractivity contribution in [3.8, 4) is 17.1 Å². The first-order valence-electron chi connectivity index (χ1n) is 10.5. The van der Waals surface area contributed by atoms with Gasteiger partial charge in [-0.3, -0.25) is 4.79 Å². The number of carbonyl (C=O) groups excluding carboxylic acids is 1. The Kier molecular flexibility index (Phi) is 7.82. The van der Waals surface area contributed by atoms with Gasteiger partial charge in [0.25, 0.3) is 0 Å². The zero-order valence-electron chi connectivity index (χ0n) is 18.4.